The van der Waals surface area contributed by atoms with Crippen LogP contribution >= 0.6 is 0 Å². The summed E-state index contributed by atoms with van der Waals surface area (Å²) in [5, 5.41) is 0. The van der Waals surface area contributed by atoms with Gasteiger partial charge in [0.05, 0.1) is 31.9 Å². The average Bonchev–Trinajstić information content (AvgIpc) is 2.61. The van der Waals surface area contributed by atoms with E-state index in [1.165, 1.54) is 0 Å². The van der Waals surface area contributed by atoms with Crippen LogP contribution in [-0.4, -0.2) is 105 Å². The van der Waals surface area contributed by atoms with Crippen LogP contribution in [0.2, 0.25) is 0 Å². The maximum atomic E-state index is 14.6. The highest BCUT2D eigenvalue weighted by Crippen LogP contribution is 2.31. The lowest BCUT2D eigenvalue weighted by Gasteiger charge is -2.46. The fraction of sp³-hybridized carbons (Fsp3) is 1.00. The van der Waals surface area contributed by atoms with Gasteiger partial charge in [-0.05, 0) is 20.3 Å². The van der Waals surface area contributed by atoms with Crippen molar-refractivity contribution < 1.29 is 18.3 Å². The molecule has 2 heterocycles. The molecule has 0 bridgehead atoms. The predicted molar refractivity (Wildman–Crippen MR) is 102 cm³/mol. The Morgan fingerprint density at radius 3 is 2.12 bits per heavy atom. The first kappa shape index (κ1) is 23.7. The number of hydrogen-bond donors (Lipinski definition) is 0. The van der Waals surface area contributed by atoms with Crippen molar-refractivity contribution in [1.29, 1.82) is 0 Å². The lowest BCUT2D eigenvalue weighted by Crippen LogP contribution is -2.62. The lowest BCUT2D eigenvalue weighted by atomic mass is 9.98. The molecule has 2 aliphatic rings. The first-order valence-electron chi connectivity index (χ1n) is 10.1. The highest BCUT2D eigenvalue weighted by molar-refractivity contribution is 4.94. The molecular formula is C19H39F2N3O2. The molecule has 0 N–H and O–H groups in total. The quantitative estimate of drug-likeness (QED) is 0.646. The number of hydrogen-bond acceptors (Lipinski definition) is 5. The fourth-order valence-electron chi connectivity index (χ4n) is 3.58. The highest BCUT2D eigenvalue weighted by Gasteiger charge is 2.47. The monoisotopic (exact) mass is 379 g/mol. The third-order valence-corrected chi connectivity index (χ3v) is 4.96. The molecule has 2 saturated heterocycles. The molecule has 0 spiro atoms. The van der Waals surface area contributed by atoms with Crippen molar-refractivity contribution in [2.24, 2.45) is 0 Å². The average molecular weight is 380 g/mol. The third-order valence-electron chi connectivity index (χ3n) is 4.96. The molecule has 1 unspecified atom stereocenters. The zero-order valence-electron chi connectivity index (χ0n) is 17.3. The van der Waals surface area contributed by atoms with Gasteiger partial charge in [0.15, 0.2) is 0 Å². The molecule has 156 valence electrons. The van der Waals surface area contributed by atoms with Crippen LogP contribution in [0.25, 0.3) is 0 Å². The van der Waals surface area contributed by atoms with Crippen molar-refractivity contribution in [3.8, 4) is 0 Å². The summed E-state index contributed by atoms with van der Waals surface area (Å²) in [6.07, 6.45) is 0.779. The molecule has 0 radical (unpaired) electrons. The molecule has 7 heteroatoms. The second-order valence-electron chi connectivity index (χ2n) is 7.13. The molecular weight excluding hydrogens is 340 g/mol. The third kappa shape index (κ3) is 7.72. The van der Waals surface area contributed by atoms with E-state index in [9.17, 15) is 8.78 Å². The Morgan fingerprint density at radius 2 is 1.58 bits per heavy atom. The van der Waals surface area contributed by atoms with E-state index in [0.29, 0.717) is 26.2 Å². The minimum absolute atomic E-state index is 0.149. The Labute approximate surface area is 158 Å². The van der Waals surface area contributed by atoms with E-state index in [-0.39, 0.29) is 12.6 Å². The maximum Gasteiger partial charge on any atom is 0.275 e. The number of ether oxygens (including phenoxy) is 2. The molecule has 2 rings (SSSR count). The Balaban J connectivity index is 0.00000163. The second kappa shape index (κ2) is 12.2. The predicted octanol–water partition coefficient (Wildman–Crippen LogP) is 2.41. The number of likely N-dealkylation sites (tertiary alicyclic amines) is 1. The Bertz CT molecular complexity index is 365. The minimum atomic E-state index is -2.64. The molecule has 0 amide bonds. The first-order chi connectivity index (χ1) is 12.4. The number of piperidine rings is 1. The van der Waals surface area contributed by atoms with Crippen molar-refractivity contribution in [2.45, 2.75) is 52.2 Å². The number of piperazine rings is 1. The van der Waals surface area contributed by atoms with Crippen molar-refractivity contribution in [3.05, 3.63) is 0 Å². The van der Waals surface area contributed by atoms with Gasteiger partial charge in [-0.2, -0.15) is 0 Å². The second-order valence-corrected chi connectivity index (χ2v) is 7.13. The summed E-state index contributed by atoms with van der Waals surface area (Å²) in [5.74, 6) is -2.64. The van der Waals surface area contributed by atoms with Crippen LogP contribution in [0.4, 0.5) is 8.78 Å². The highest BCUT2D eigenvalue weighted by atomic mass is 19.3. The standard InChI is InChI=1S/C17H33F2N3O2.C2H6/c1-15(2)24-13-11-20-6-8-22(9-7-20)16-4-5-21(10-12-23-3)14-17(16,18)19;1-2/h15-16H,4-14H2,1-3H3;1-2H3. The first-order valence-corrected chi connectivity index (χ1v) is 10.1. The molecule has 0 saturated carbocycles. The van der Waals surface area contributed by atoms with E-state index < -0.39 is 12.0 Å². The number of methoxy groups -OCH3 is 1. The number of halogens is 2. The summed E-state index contributed by atoms with van der Waals surface area (Å²) in [6, 6.07) is -0.620. The van der Waals surface area contributed by atoms with Gasteiger partial charge in [-0.15, -0.1) is 0 Å². The number of rotatable bonds is 8. The van der Waals surface area contributed by atoms with E-state index >= 15 is 0 Å². The fourth-order valence-corrected chi connectivity index (χ4v) is 3.58. The van der Waals surface area contributed by atoms with E-state index in [1.807, 2.05) is 37.5 Å². The molecule has 1 atom stereocenters. The minimum Gasteiger partial charge on any atom is -0.383 e. The topological polar surface area (TPSA) is 28.2 Å². The van der Waals surface area contributed by atoms with E-state index in [1.54, 1.807) is 7.11 Å². The zero-order chi connectivity index (χ0) is 19.6. The van der Waals surface area contributed by atoms with Gasteiger partial charge in [-0.3, -0.25) is 14.7 Å². The van der Waals surface area contributed by atoms with Gasteiger partial charge in [-0.25, -0.2) is 8.78 Å². The summed E-state index contributed by atoms with van der Waals surface area (Å²) in [6.45, 7) is 14.5. The maximum absolute atomic E-state index is 14.6. The lowest BCUT2D eigenvalue weighted by molar-refractivity contribution is -0.135. The van der Waals surface area contributed by atoms with Crippen LogP contribution in [0.1, 0.15) is 34.1 Å². The number of alkyl halides is 2. The van der Waals surface area contributed by atoms with Crippen LogP contribution in [-0.2, 0) is 9.47 Å². The summed E-state index contributed by atoms with van der Waals surface area (Å²) in [7, 11) is 1.61. The van der Waals surface area contributed by atoms with Crippen molar-refractivity contribution >= 4 is 0 Å². The SMILES string of the molecule is CC.COCCN1CCC(N2CCN(CCOC(C)C)CC2)C(F)(F)C1. The van der Waals surface area contributed by atoms with Crippen molar-refractivity contribution in [1.82, 2.24) is 14.7 Å². The zero-order valence-corrected chi connectivity index (χ0v) is 17.3. The number of nitrogens with zero attached hydrogens (tertiary/aromatic N) is 3. The summed E-state index contributed by atoms with van der Waals surface area (Å²) in [5.41, 5.74) is 0. The Kier molecular flexibility index (Phi) is 11.1. The van der Waals surface area contributed by atoms with Crippen molar-refractivity contribution in [3.63, 3.8) is 0 Å². The van der Waals surface area contributed by atoms with E-state index in [0.717, 1.165) is 39.3 Å². The molecule has 0 aromatic rings. The molecule has 0 aromatic carbocycles. The van der Waals surface area contributed by atoms with Gasteiger partial charge >= 0.3 is 0 Å². The van der Waals surface area contributed by atoms with Crippen LogP contribution in [0.5, 0.6) is 0 Å². The van der Waals surface area contributed by atoms with Crippen molar-refractivity contribution in [2.75, 3.05) is 72.7 Å². The molecule has 0 aliphatic carbocycles. The van der Waals surface area contributed by atoms with Gasteiger partial charge in [-0.1, -0.05) is 13.8 Å². The van der Waals surface area contributed by atoms with Crippen LogP contribution < -0.4 is 0 Å². The van der Waals surface area contributed by atoms with Gasteiger partial charge in [0.2, 0.25) is 0 Å². The smallest absolute Gasteiger partial charge is 0.275 e. The molecule has 2 aliphatic heterocycles. The molecule has 5 nitrogen and oxygen atoms in total. The summed E-state index contributed by atoms with van der Waals surface area (Å²) in [4.78, 5) is 6.12. The van der Waals surface area contributed by atoms with Crippen LogP contribution in [0.15, 0.2) is 0 Å². The van der Waals surface area contributed by atoms with E-state index in [2.05, 4.69) is 4.90 Å². The van der Waals surface area contributed by atoms with Gasteiger partial charge < -0.3 is 9.47 Å². The van der Waals surface area contributed by atoms with Gasteiger partial charge in [0.25, 0.3) is 5.92 Å². The molecule has 26 heavy (non-hydrogen) atoms. The van der Waals surface area contributed by atoms with E-state index in [4.69, 9.17) is 9.47 Å². The van der Waals surface area contributed by atoms with Crippen LogP contribution in [0, 0.1) is 0 Å². The molecule has 2 fully saturated rings. The molecule has 0 aromatic heterocycles. The Morgan fingerprint density at radius 1 is 0.962 bits per heavy atom. The largest absolute Gasteiger partial charge is 0.383 e. The Hall–Kier alpha value is -0.340. The van der Waals surface area contributed by atoms with Gasteiger partial charge in [0.1, 0.15) is 0 Å². The summed E-state index contributed by atoms with van der Waals surface area (Å²) < 4.78 is 39.7. The normalized spacial score (nSPS) is 25.2. The van der Waals surface area contributed by atoms with Crippen LogP contribution in [0.3, 0.4) is 0 Å². The van der Waals surface area contributed by atoms with Gasteiger partial charge in [0, 0.05) is 52.9 Å². The summed E-state index contributed by atoms with van der Waals surface area (Å²) >= 11 is 0.